The van der Waals surface area contributed by atoms with E-state index < -0.39 is 0 Å². The van der Waals surface area contributed by atoms with Gasteiger partial charge in [-0.15, -0.1) is 24.0 Å². The predicted molar refractivity (Wildman–Crippen MR) is 128 cm³/mol. The summed E-state index contributed by atoms with van der Waals surface area (Å²) in [5, 5.41) is 6.69. The summed E-state index contributed by atoms with van der Waals surface area (Å²) in [6, 6.07) is 16.1. The van der Waals surface area contributed by atoms with Crippen LogP contribution in [0.5, 0.6) is 0 Å². The highest BCUT2D eigenvalue weighted by atomic mass is 127. The molecule has 0 atom stereocenters. The fraction of sp³-hybridized carbons (Fsp3) is 0.381. The number of halogens is 3. The number of aliphatic imine (C=N–C) groups is 1. The summed E-state index contributed by atoms with van der Waals surface area (Å²) in [5.74, 6) is 0.500. The maximum absolute atomic E-state index is 13.9. The molecular formula is C21H27BrFIN4. The van der Waals surface area contributed by atoms with E-state index >= 15 is 0 Å². The Kier molecular flexibility index (Phi) is 9.67. The van der Waals surface area contributed by atoms with Crippen molar-refractivity contribution in [2.75, 3.05) is 20.1 Å². The van der Waals surface area contributed by atoms with Gasteiger partial charge in [-0.1, -0.05) is 52.3 Å². The third kappa shape index (κ3) is 7.00. The van der Waals surface area contributed by atoms with Crippen molar-refractivity contribution >= 4 is 45.9 Å². The highest BCUT2D eigenvalue weighted by molar-refractivity contribution is 14.0. The Bertz CT molecular complexity index is 764. The zero-order chi connectivity index (χ0) is 19.1. The van der Waals surface area contributed by atoms with E-state index in [4.69, 9.17) is 0 Å². The van der Waals surface area contributed by atoms with E-state index in [0.29, 0.717) is 18.2 Å². The first kappa shape index (κ1) is 23.1. The lowest BCUT2D eigenvalue weighted by Gasteiger charge is -2.33. The number of benzene rings is 2. The molecule has 0 amide bonds. The standard InChI is InChI=1S/C21H26BrFN4.HI/c1-24-21(25-14-17-7-8-18(22)13-20(17)23)26-19-9-11-27(12-10-19)15-16-5-3-2-4-6-16;/h2-8,13,19H,9-12,14-15H2,1H3,(H2,24,25,26);1H. The molecule has 1 aliphatic rings. The van der Waals surface area contributed by atoms with Crippen LogP contribution >= 0.6 is 39.9 Å². The average Bonchev–Trinajstić information content (AvgIpc) is 2.68. The van der Waals surface area contributed by atoms with Gasteiger partial charge in [0.15, 0.2) is 5.96 Å². The number of nitrogens with zero attached hydrogens (tertiary/aromatic N) is 2. The van der Waals surface area contributed by atoms with E-state index in [-0.39, 0.29) is 29.8 Å². The van der Waals surface area contributed by atoms with Crippen molar-refractivity contribution in [2.24, 2.45) is 4.99 Å². The lowest BCUT2D eigenvalue weighted by Crippen LogP contribution is -2.48. The van der Waals surface area contributed by atoms with Crippen LogP contribution in [0.2, 0.25) is 0 Å². The molecule has 2 aromatic carbocycles. The fourth-order valence-corrected chi connectivity index (χ4v) is 3.64. The Labute approximate surface area is 192 Å². The van der Waals surface area contributed by atoms with Crippen LogP contribution in [0.25, 0.3) is 0 Å². The SMILES string of the molecule is CN=C(NCc1ccc(Br)cc1F)NC1CCN(Cc2ccccc2)CC1.I. The number of likely N-dealkylation sites (tertiary alicyclic amines) is 1. The van der Waals surface area contributed by atoms with Gasteiger partial charge in [0.25, 0.3) is 0 Å². The van der Waals surface area contributed by atoms with E-state index in [1.165, 1.54) is 11.6 Å². The number of hydrogen-bond acceptors (Lipinski definition) is 2. The van der Waals surface area contributed by atoms with Gasteiger partial charge in [-0.25, -0.2) is 4.39 Å². The van der Waals surface area contributed by atoms with Gasteiger partial charge in [0.1, 0.15) is 5.82 Å². The van der Waals surface area contributed by atoms with Crippen molar-refractivity contribution in [1.29, 1.82) is 0 Å². The second-order valence-electron chi connectivity index (χ2n) is 6.84. The number of piperidine rings is 1. The largest absolute Gasteiger partial charge is 0.354 e. The molecule has 152 valence electrons. The molecule has 1 aliphatic heterocycles. The van der Waals surface area contributed by atoms with Gasteiger partial charge in [0.05, 0.1) is 0 Å². The van der Waals surface area contributed by atoms with Crippen molar-refractivity contribution in [3.8, 4) is 0 Å². The first-order valence-electron chi connectivity index (χ1n) is 9.31. The molecule has 3 rings (SSSR count). The number of guanidine groups is 1. The van der Waals surface area contributed by atoms with Gasteiger partial charge in [0.2, 0.25) is 0 Å². The minimum Gasteiger partial charge on any atom is -0.354 e. The van der Waals surface area contributed by atoms with Gasteiger partial charge >= 0.3 is 0 Å². The molecule has 28 heavy (non-hydrogen) atoms. The van der Waals surface area contributed by atoms with E-state index in [0.717, 1.165) is 42.9 Å². The van der Waals surface area contributed by atoms with E-state index in [9.17, 15) is 4.39 Å². The van der Waals surface area contributed by atoms with Crippen LogP contribution in [-0.4, -0.2) is 37.0 Å². The summed E-state index contributed by atoms with van der Waals surface area (Å²) in [5.41, 5.74) is 1.98. The number of hydrogen-bond donors (Lipinski definition) is 2. The topological polar surface area (TPSA) is 39.7 Å². The van der Waals surface area contributed by atoms with Gasteiger partial charge in [-0.3, -0.25) is 9.89 Å². The van der Waals surface area contributed by atoms with Gasteiger partial charge < -0.3 is 10.6 Å². The Hall–Kier alpha value is -1.19. The molecule has 1 saturated heterocycles. The summed E-state index contributed by atoms with van der Waals surface area (Å²) >= 11 is 3.28. The number of rotatable bonds is 5. The molecule has 0 spiro atoms. The van der Waals surface area contributed by atoms with Crippen molar-refractivity contribution in [3.63, 3.8) is 0 Å². The first-order chi connectivity index (χ1) is 13.1. The monoisotopic (exact) mass is 560 g/mol. The number of nitrogens with one attached hydrogen (secondary N) is 2. The maximum atomic E-state index is 13.9. The highest BCUT2D eigenvalue weighted by Crippen LogP contribution is 2.16. The summed E-state index contributed by atoms with van der Waals surface area (Å²) < 4.78 is 14.7. The van der Waals surface area contributed by atoms with E-state index in [1.54, 1.807) is 13.1 Å². The molecule has 1 fully saturated rings. The fourth-order valence-electron chi connectivity index (χ4n) is 3.31. The van der Waals surface area contributed by atoms with Gasteiger partial charge in [-0.2, -0.15) is 0 Å². The summed E-state index contributed by atoms with van der Waals surface area (Å²) in [6.45, 7) is 3.53. The molecule has 0 aliphatic carbocycles. The zero-order valence-electron chi connectivity index (χ0n) is 16.0. The molecule has 0 aromatic heterocycles. The minimum atomic E-state index is -0.221. The molecule has 2 aromatic rings. The van der Waals surface area contributed by atoms with Crippen LogP contribution in [0.15, 0.2) is 58.0 Å². The molecule has 4 nitrogen and oxygen atoms in total. The molecular weight excluding hydrogens is 534 g/mol. The minimum absolute atomic E-state index is 0. The Morgan fingerprint density at radius 3 is 2.54 bits per heavy atom. The molecule has 0 radical (unpaired) electrons. The van der Waals surface area contributed by atoms with Gasteiger partial charge in [0, 0.05) is 49.3 Å². The molecule has 1 heterocycles. The van der Waals surface area contributed by atoms with Crippen LogP contribution < -0.4 is 10.6 Å². The molecule has 0 saturated carbocycles. The lowest BCUT2D eigenvalue weighted by atomic mass is 10.0. The summed E-state index contributed by atoms with van der Waals surface area (Å²) in [6.07, 6.45) is 2.14. The van der Waals surface area contributed by atoms with Gasteiger partial charge in [-0.05, 0) is 30.5 Å². The average molecular weight is 561 g/mol. The van der Waals surface area contributed by atoms with Crippen LogP contribution in [0, 0.1) is 5.82 Å². The maximum Gasteiger partial charge on any atom is 0.191 e. The molecule has 2 N–H and O–H groups in total. The second kappa shape index (κ2) is 11.7. The first-order valence-corrected chi connectivity index (χ1v) is 10.1. The lowest BCUT2D eigenvalue weighted by molar-refractivity contribution is 0.198. The Morgan fingerprint density at radius 1 is 1.18 bits per heavy atom. The smallest absolute Gasteiger partial charge is 0.191 e. The van der Waals surface area contributed by atoms with Crippen LogP contribution in [0.1, 0.15) is 24.0 Å². The molecule has 7 heteroatoms. The Morgan fingerprint density at radius 2 is 1.89 bits per heavy atom. The zero-order valence-corrected chi connectivity index (χ0v) is 19.9. The summed E-state index contributed by atoms with van der Waals surface area (Å²) in [7, 11) is 1.75. The summed E-state index contributed by atoms with van der Waals surface area (Å²) in [4.78, 5) is 6.77. The van der Waals surface area contributed by atoms with Crippen molar-refractivity contribution < 1.29 is 4.39 Å². The Balaban J connectivity index is 0.00000280. The van der Waals surface area contributed by atoms with Crippen molar-refractivity contribution in [2.45, 2.75) is 32.0 Å². The van der Waals surface area contributed by atoms with E-state index in [2.05, 4.69) is 66.8 Å². The normalized spacial score (nSPS) is 15.8. The van der Waals surface area contributed by atoms with Crippen LogP contribution in [-0.2, 0) is 13.1 Å². The predicted octanol–water partition coefficient (Wildman–Crippen LogP) is 4.54. The van der Waals surface area contributed by atoms with E-state index in [1.807, 2.05) is 6.07 Å². The molecule has 0 unspecified atom stereocenters. The third-order valence-electron chi connectivity index (χ3n) is 4.86. The van der Waals surface area contributed by atoms with Crippen molar-refractivity contribution in [3.05, 3.63) is 69.9 Å². The van der Waals surface area contributed by atoms with Crippen molar-refractivity contribution in [1.82, 2.24) is 15.5 Å². The third-order valence-corrected chi connectivity index (χ3v) is 5.36. The molecule has 0 bridgehead atoms. The second-order valence-corrected chi connectivity index (χ2v) is 7.76. The van der Waals surface area contributed by atoms with Crippen LogP contribution in [0.3, 0.4) is 0 Å². The quantitative estimate of drug-likeness (QED) is 0.320. The highest BCUT2D eigenvalue weighted by Gasteiger charge is 2.20. The van der Waals surface area contributed by atoms with Crippen LogP contribution in [0.4, 0.5) is 4.39 Å².